The summed E-state index contributed by atoms with van der Waals surface area (Å²) in [7, 11) is 0. The number of rotatable bonds is 6. The first-order valence-corrected chi connectivity index (χ1v) is 13.3. The second-order valence-corrected chi connectivity index (χ2v) is 10.6. The molecule has 0 unspecified atom stereocenters. The van der Waals surface area contributed by atoms with Crippen LogP contribution in [0.2, 0.25) is 0 Å². The summed E-state index contributed by atoms with van der Waals surface area (Å²) >= 11 is 0. The van der Waals surface area contributed by atoms with Gasteiger partial charge < -0.3 is 9.64 Å². The van der Waals surface area contributed by atoms with Crippen LogP contribution in [0.15, 0.2) is 66.7 Å². The van der Waals surface area contributed by atoms with E-state index in [4.69, 9.17) is 4.74 Å². The van der Waals surface area contributed by atoms with Gasteiger partial charge in [-0.25, -0.2) is 8.78 Å². The van der Waals surface area contributed by atoms with Crippen LogP contribution in [-0.2, 0) is 11.2 Å². The van der Waals surface area contributed by atoms with Gasteiger partial charge in [0, 0.05) is 57.2 Å². The minimum Gasteiger partial charge on any atom is -0.368 e. The molecule has 2 fully saturated rings. The molecule has 6 rings (SSSR count). The highest BCUT2D eigenvalue weighted by Gasteiger charge is 2.41. The van der Waals surface area contributed by atoms with E-state index in [-0.39, 0.29) is 35.5 Å². The number of carbonyl (C=O) groups excluding carboxylic acids is 1. The molecule has 3 atom stereocenters. The number of piperazine rings is 1. The minimum absolute atomic E-state index is 0.0531. The molecular weight excluding hydrogens is 470 g/mol. The molecule has 3 aromatic carbocycles. The molecule has 37 heavy (non-hydrogen) atoms. The SMILES string of the molecule is O=C(CCN1CCN(C[C@H]2C[C@@H]3c4ccccc4Cc4ccc(F)cc4[C@H]3O2)CC1)c1ccc(F)cc1. The third kappa shape index (κ3) is 5.24. The topological polar surface area (TPSA) is 32.8 Å². The summed E-state index contributed by atoms with van der Waals surface area (Å²) in [4.78, 5) is 17.2. The smallest absolute Gasteiger partial charge is 0.164 e. The Hall–Kier alpha value is -2.93. The predicted molar refractivity (Wildman–Crippen MR) is 139 cm³/mol. The highest BCUT2D eigenvalue weighted by molar-refractivity contribution is 5.96. The molecule has 6 heteroatoms. The van der Waals surface area contributed by atoms with Gasteiger partial charge in [-0.3, -0.25) is 9.69 Å². The van der Waals surface area contributed by atoms with Crippen molar-refractivity contribution in [3.63, 3.8) is 0 Å². The van der Waals surface area contributed by atoms with E-state index in [9.17, 15) is 13.6 Å². The Labute approximate surface area is 216 Å². The number of hydrogen-bond acceptors (Lipinski definition) is 4. The number of hydrogen-bond donors (Lipinski definition) is 0. The molecule has 3 aliphatic rings. The van der Waals surface area contributed by atoms with Crippen molar-refractivity contribution in [2.45, 2.75) is 37.4 Å². The van der Waals surface area contributed by atoms with E-state index in [1.54, 1.807) is 24.3 Å². The summed E-state index contributed by atoms with van der Waals surface area (Å²) in [5.74, 6) is -0.237. The largest absolute Gasteiger partial charge is 0.368 e. The van der Waals surface area contributed by atoms with E-state index in [1.807, 2.05) is 6.07 Å². The van der Waals surface area contributed by atoms with E-state index in [1.165, 1.54) is 23.3 Å². The van der Waals surface area contributed by atoms with E-state index < -0.39 is 0 Å². The Bertz CT molecular complexity index is 1270. The molecule has 1 aliphatic carbocycles. The molecule has 2 heterocycles. The first kappa shape index (κ1) is 24.4. The number of ether oxygens (including phenoxy) is 1. The van der Waals surface area contributed by atoms with Gasteiger partial charge in [-0.15, -0.1) is 0 Å². The molecule has 0 saturated carbocycles. The highest BCUT2D eigenvalue weighted by atomic mass is 19.1. The zero-order valence-corrected chi connectivity index (χ0v) is 20.9. The zero-order valence-electron chi connectivity index (χ0n) is 20.9. The number of nitrogens with zero attached hydrogens (tertiary/aromatic N) is 2. The van der Waals surface area contributed by atoms with Crippen molar-refractivity contribution in [2.75, 3.05) is 39.3 Å². The van der Waals surface area contributed by atoms with Crippen LogP contribution in [0, 0.1) is 11.6 Å². The van der Waals surface area contributed by atoms with Crippen molar-refractivity contribution in [2.24, 2.45) is 0 Å². The number of Topliss-reactive ketones (excluding diaryl/α,β-unsaturated/α-hetero) is 1. The molecule has 0 radical (unpaired) electrons. The van der Waals surface area contributed by atoms with Crippen molar-refractivity contribution in [3.05, 3.63) is 106 Å². The summed E-state index contributed by atoms with van der Waals surface area (Å²) < 4.78 is 34.0. The van der Waals surface area contributed by atoms with Gasteiger partial charge in [-0.2, -0.15) is 0 Å². The quantitative estimate of drug-likeness (QED) is 0.424. The van der Waals surface area contributed by atoms with Gasteiger partial charge in [-0.1, -0.05) is 30.3 Å². The fraction of sp³-hybridized carbons (Fsp3) is 0.387. The normalized spacial score (nSPS) is 23.7. The van der Waals surface area contributed by atoms with Crippen LogP contribution in [0.4, 0.5) is 8.78 Å². The summed E-state index contributed by atoms with van der Waals surface area (Å²) in [6.45, 7) is 5.26. The van der Waals surface area contributed by atoms with Crippen LogP contribution < -0.4 is 0 Å². The molecule has 192 valence electrons. The molecule has 2 saturated heterocycles. The summed E-state index contributed by atoms with van der Waals surface area (Å²) in [6, 6.07) is 19.5. The average Bonchev–Trinajstić information content (AvgIpc) is 3.28. The standard InChI is InChI=1S/C31H32F2N2O2/c32-24-8-5-21(6-9-24)30(36)11-12-34-13-15-35(16-14-34)20-26-19-29-27-4-2-1-3-22(27)17-23-7-10-25(33)18-28(23)31(29)37-26/h1-10,18,26,29,31H,11-17,19-20H2/t26-,29-,31-/m1/s1. The van der Waals surface area contributed by atoms with Gasteiger partial charge in [0.1, 0.15) is 11.6 Å². The summed E-state index contributed by atoms with van der Waals surface area (Å²) in [5, 5.41) is 0. The molecule has 0 N–H and O–H groups in total. The number of benzene rings is 3. The third-order valence-corrected chi connectivity index (χ3v) is 8.22. The average molecular weight is 503 g/mol. The first-order chi connectivity index (χ1) is 18.0. The van der Waals surface area contributed by atoms with E-state index in [0.717, 1.165) is 56.7 Å². The zero-order chi connectivity index (χ0) is 25.4. The van der Waals surface area contributed by atoms with Crippen molar-refractivity contribution in [3.8, 4) is 0 Å². The van der Waals surface area contributed by atoms with Gasteiger partial charge in [0.15, 0.2) is 5.78 Å². The predicted octanol–water partition coefficient (Wildman–Crippen LogP) is 5.37. The van der Waals surface area contributed by atoms with Crippen molar-refractivity contribution >= 4 is 5.78 Å². The molecule has 0 bridgehead atoms. The van der Waals surface area contributed by atoms with Crippen LogP contribution in [-0.4, -0.2) is 61.0 Å². The number of ketones is 1. The lowest BCUT2D eigenvalue weighted by Gasteiger charge is -2.35. The van der Waals surface area contributed by atoms with Crippen LogP contribution in [0.25, 0.3) is 0 Å². The van der Waals surface area contributed by atoms with Gasteiger partial charge >= 0.3 is 0 Å². The van der Waals surface area contributed by atoms with Crippen LogP contribution in [0.3, 0.4) is 0 Å². The molecule has 2 aliphatic heterocycles. The molecule has 0 spiro atoms. The fourth-order valence-corrected chi connectivity index (χ4v) is 6.24. The Kier molecular flexibility index (Phi) is 6.89. The Morgan fingerprint density at radius 3 is 2.35 bits per heavy atom. The molecule has 4 nitrogen and oxygen atoms in total. The van der Waals surface area contributed by atoms with Crippen LogP contribution in [0.1, 0.15) is 57.5 Å². The summed E-state index contributed by atoms with van der Waals surface area (Å²) in [5.41, 5.74) is 5.38. The fourth-order valence-electron chi connectivity index (χ4n) is 6.24. The van der Waals surface area contributed by atoms with Crippen LogP contribution in [0.5, 0.6) is 0 Å². The maximum Gasteiger partial charge on any atom is 0.164 e. The second-order valence-electron chi connectivity index (χ2n) is 10.6. The van der Waals surface area contributed by atoms with E-state index in [0.29, 0.717) is 18.5 Å². The maximum atomic E-state index is 14.2. The van der Waals surface area contributed by atoms with Crippen molar-refractivity contribution in [1.29, 1.82) is 0 Å². The Balaban J connectivity index is 1.06. The van der Waals surface area contributed by atoms with Gasteiger partial charge in [0.05, 0.1) is 12.2 Å². The van der Waals surface area contributed by atoms with Crippen molar-refractivity contribution < 1.29 is 18.3 Å². The number of fused-ring (bicyclic) bond motifs is 5. The lowest BCUT2D eigenvalue weighted by Crippen LogP contribution is -2.48. The Morgan fingerprint density at radius 1 is 0.838 bits per heavy atom. The van der Waals surface area contributed by atoms with Gasteiger partial charge in [0.25, 0.3) is 0 Å². The molecule has 0 amide bonds. The van der Waals surface area contributed by atoms with Gasteiger partial charge in [0.2, 0.25) is 0 Å². The monoisotopic (exact) mass is 502 g/mol. The molecular formula is C31H32F2N2O2. The Morgan fingerprint density at radius 2 is 1.54 bits per heavy atom. The van der Waals surface area contributed by atoms with Gasteiger partial charge in [-0.05, 0) is 71.5 Å². The van der Waals surface area contributed by atoms with Crippen LogP contribution >= 0.6 is 0 Å². The maximum absolute atomic E-state index is 14.2. The summed E-state index contributed by atoms with van der Waals surface area (Å²) in [6.07, 6.45) is 2.18. The van der Waals surface area contributed by atoms with E-state index >= 15 is 0 Å². The molecule has 3 aromatic rings. The number of carbonyl (C=O) groups is 1. The van der Waals surface area contributed by atoms with Crippen molar-refractivity contribution in [1.82, 2.24) is 9.80 Å². The lowest BCUT2D eigenvalue weighted by molar-refractivity contribution is 0.00904. The lowest BCUT2D eigenvalue weighted by atomic mass is 9.87. The third-order valence-electron chi connectivity index (χ3n) is 8.22. The molecule has 0 aromatic heterocycles. The number of halogens is 2. The minimum atomic E-state index is -0.325. The first-order valence-electron chi connectivity index (χ1n) is 13.3. The highest BCUT2D eigenvalue weighted by Crippen LogP contribution is 2.49. The van der Waals surface area contributed by atoms with E-state index in [2.05, 4.69) is 34.1 Å². The second kappa shape index (κ2) is 10.4.